The molecule has 0 radical (unpaired) electrons. The molecule has 1 aliphatic heterocycles. The van der Waals surface area contributed by atoms with Gasteiger partial charge in [0, 0.05) is 32.7 Å². The Morgan fingerprint density at radius 3 is 2.22 bits per heavy atom. The summed E-state index contributed by atoms with van der Waals surface area (Å²) in [6.07, 6.45) is -4.84. The Bertz CT molecular complexity index is 678. The molecule has 2 rings (SSSR count). The average molecular weight is 387 g/mol. The number of benzene rings is 1. The molecule has 0 atom stereocenters. The first kappa shape index (κ1) is 20.9. The number of hydrogen-bond acceptors (Lipinski definition) is 3. The molecule has 1 aromatic carbocycles. The smallest absolute Gasteiger partial charge is 0.416 e. The lowest BCUT2D eigenvalue weighted by molar-refractivity contribution is -0.137. The Hall–Kier alpha value is -2.45. The molecule has 0 saturated carbocycles. The van der Waals surface area contributed by atoms with Crippen molar-refractivity contribution in [2.24, 2.45) is 0 Å². The van der Waals surface area contributed by atoms with Crippen molar-refractivity contribution in [1.29, 1.82) is 0 Å². The highest BCUT2D eigenvalue weighted by Gasteiger charge is 2.30. The maximum atomic E-state index is 12.7. The molecule has 6 nitrogen and oxygen atoms in total. The molecule has 9 heteroatoms. The highest BCUT2D eigenvalue weighted by molar-refractivity contribution is 5.75. The second kappa shape index (κ2) is 8.06. The van der Waals surface area contributed by atoms with Gasteiger partial charge in [-0.1, -0.05) is 12.1 Å². The molecule has 0 aromatic heterocycles. The van der Waals surface area contributed by atoms with Crippen molar-refractivity contribution in [2.45, 2.75) is 39.1 Å². The summed E-state index contributed by atoms with van der Waals surface area (Å²) in [4.78, 5) is 27.3. The van der Waals surface area contributed by atoms with E-state index in [9.17, 15) is 22.8 Å². The number of halogens is 3. The van der Waals surface area contributed by atoms with Gasteiger partial charge in [-0.3, -0.25) is 0 Å². The Morgan fingerprint density at radius 2 is 1.67 bits per heavy atom. The minimum Gasteiger partial charge on any atom is -0.444 e. The Kier molecular flexibility index (Phi) is 6.22. The average Bonchev–Trinajstić information content (AvgIpc) is 2.58. The largest absolute Gasteiger partial charge is 0.444 e. The third kappa shape index (κ3) is 6.33. The maximum absolute atomic E-state index is 12.7. The first-order chi connectivity index (χ1) is 12.5. The van der Waals surface area contributed by atoms with Crippen LogP contribution < -0.4 is 5.32 Å². The first-order valence-electron chi connectivity index (χ1n) is 8.62. The molecule has 3 amide bonds. The SMILES string of the molecule is CC(C)(C)OC(=O)N1CCN(C(=O)NCc2cccc(C(F)(F)F)c2)CC1. The van der Waals surface area contributed by atoms with Crippen LogP contribution in [0.3, 0.4) is 0 Å². The Morgan fingerprint density at radius 1 is 1.07 bits per heavy atom. The van der Waals surface area contributed by atoms with E-state index in [1.54, 1.807) is 20.8 Å². The number of piperazine rings is 1. The summed E-state index contributed by atoms with van der Waals surface area (Å²) in [5.74, 6) is 0. The number of amides is 3. The molecule has 0 spiro atoms. The molecular weight excluding hydrogens is 363 g/mol. The van der Waals surface area contributed by atoms with E-state index in [0.717, 1.165) is 12.1 Å². The van der Waals surface area contributed by atoms with Crippen LogP contribution in [0.15, 0.2) is 24.3 Å². The van der Waals surface area contributed by atoms with Gasteiger partial charge in [-0.25, -0.2) is 9.59 Å². The van der Waals surface area contributed by atoms with Crippen molar-refractivity contribution in [2.75, 3.05) is 26.2 Å². The minimum absolute atomic E-state index is 0.00493. The summed E-state index contributed by atoms with van der Waals surface area (Å²) in [5, 5.41) is 2.61. The monoisotopic (exact) mass is 387 g/mol. The lowest BCUT2D eigenvalue weighted by Gasteiger charge is -2.35. The van der Waals surface area contributed by atoms with Crippen molar-refractivity contribution < 1.29 is 27.5 Å². The van der Waals surface area contributed by atoms with Crippen LogP contribution in [0.25, 0.3) is 0 Å². The van der Waals surface area contributed by atoms with Gasteiger partial charge < -0.3 is 19.9 Å². The van der Waals surface area contributed by atoms with Gasteiger partial charge >= 0.3 is 18.3 Å². The number of alkyl halides is 3. The van der Waals surface area contributed by atoms with Gasteiger partial charge in [0.15, 0.2) is 0 Å². The van der Waals surface area contributed by atoms with Crippen LogP contribution in [0, 0.1) is 0 Å². The van der Waals surface area contributed by atoms with Crippen molar-refractivity contribution in [3.63, 3.8) is 0 Å². The van der Waals surface area contributed by atoms with Crippen LogP contribution in [0.1, 0.15) is 31.9 Å². The van der Waals surface area contributed by atoms with Crippen molar-refractivity contribution in [3.05, 3.63) is 35.4 Å². The zero-order valence-corrected chi connectivity index (χ0v) is 15.6. The third-order valence-electron chi connectivity index (χ3n) is 3.92. The van der Waals surface area contributed by atoms with Crippen molar-refractivity contribution in [3.8, 4) is 0 Å². The molecule has 0 aliphatic carbocycles. The predicted octanol–water partition coefficient (Wildman–Crippen LogP) is 3.47. The lowest BCUT2D eigenvalue weighted by Crippen LogP contribution is -2.53. The molecule has 150 valence electrons. The van der Waals surface area contributed by atoms with Crippen LogP contribution in [-0.4, -0.2) is 53.7 Å². The zero-order chi connectivity index (χ0) is 20.2. The first-order valence-corrected chi connectivity index (χ1v) is 8.62. The van der Waals surface area contributed by atoms with Crippen LogP contribution in [0.2, 0.25) is 0 Å². The van der Waals surface area contributed by atoms with E-state index in [-0.39, 0.29) is 12.6 Å². The molecule has 1 heterocycles. The molecular formula is C18H24F3N3O3. The van der Waals surface area contributed by atoms with E-state index >= 15 is 0 Å². The summed E-state index contributed by atoms with van der Waals surface area (Å²) < 4.78 is 43.5. The fraction of sp³-hybridized carbons (Fsp3) is 0.556. The number of rotatable bonds is 2. The lowest BCUT2D eigenvalue weighted by atomic mass is 10.1. The topological polar surface area (TPSA) is 61.9 Å². The number of ether oxygens (including phenoxy) is 1. The maximum Gasteiger partial charge on any atom is 0.416 e. The summed E-state index contributed by atoms with van der Waals surface area (Å²) in [7, 11) is 0. The molecule has 27 heavy (non-hydrogen) atoms. The summed E-state index contributed by atoms with van der Waals surface area (Å²) in [6.45, 7) is 6.67. The number of nitrogens with zero attached hydrogens (tertiary/aromatic N) is 2. The molecule has 0 bridgehead atoms. The normalized spacial score (nSPS) is 15.5. The van der Waals surface area contributed by atoms with Crippen LogP contribution in [0.4, 0.5) is 22.8 Å². The fourth-order valence-corrected chi connectivity index (χ4v) is 2.57. The fourth-order valence-electron chi connectivity index (χ4n) is 2.57. The van der Waals surface area contributed by atoms with Gasteiger partial charge in [0.2, 0.25) is 0 Å². The van der Waals surface area contributed by atoms with E-state index in [1.165, 1.54) is 21.9 Å². The molecule has 0 unspecified atom stereocenters. The van der Waals surface area contributed by atoms with E-state index in [2.05, 4.69) is 5.32 Å². The Balaban J connectivity index is 1.82. The molecule has 1 saturated heterocycles. The van der Waals surface area contributed by atoms with Crippen molar-refractivity contribution >= 4 is 12.1 Å². The molecule has 1 aliphatic rings. The number of nitrogens with one attached hydrogen (secondary N) is 1. The molecule has 1 aromatic rings. The van der Waals surface area contributed by atoms with Crippen LogP contribution >= 0.6 is 0 Å². The van der Waals surface area contributed by atoms with Crippen LogP contribution in [0.5, 0.6) is 0 Å². The molecule has 1 fully saturated rings. The number of hydrogen-bond donors (Lipinski definition) is 1. The predicted molar refractivity (Wildman–Crippen MR) is 93.1 cm³/mol. The van der Waals surface area contributed by atoms with Gasteiger partial charge in [-0.15, -0.1) is 0 Å². The van der Waals surface area contributed by atoms with Crippen molar-refractivity contribution in [1.82, 2.24) is 15.1 Å². The summed E-state index contributed by atoms with van der Waals surface area (Å²) >= 11 is 0. The number of carbonyl (C=O) groups excluding carboxylic acids is 2. The molecule has 1 N–H and O–H groups in total. The standard InChI is InChI=1S/C18H24F3N3O3/c1-17(2,3)27-16(26)24-9-7-23(8-10-24)15(25)22-12-13-5-4-6-14(11-13)18(19,20)21/h4-6,11H,7-10,12H2,1-3H3,(H,22,25). The van der Waals surface area contributed by atoms with Crippen LogP contribution in [-0.2, 0) is 17.5 Å². The van der Waals surface area contributed by atoms with Gasteiger partial charge in [-0.05, 0) is 38.5 Å². The zero-order valence-electron chi connectivity index (χ0n) is 15.6. The van der Waals surface area contributed by atoms with E-state index < -0.39 is 23.4 Å². The van der Waals surface area contributed by atoms with Gasteiger partial charge in [0.25, 0.3) is 0 Å². The van der Waals surface area contributed by atoms with E-state index in [1.807, 2.05) is 0 Å². The summed E-state index contributed by atoms with van der Waals surface area (Å²) in [6, 6.07) is 4.46. The second-order valence-corrected chi connectivity index (χ2v) is 7.31. The summed E-state index contributed by atoms with van der Waals surface area (Å²) in [5.41, 5.74) is -0.970. The van der Waals surface area contributed by atoms with E-state index in [4.69, 9.17) is 4.74 Å². The third-order valence-corrected chi connectivity index (χ3v) is 3.92. The quantitative estimate of drug-likeness (QED) is 0.845. The van der Waals surface area contributed by atoms with Gasteiger partial charge in [0.1, 0.15) is 5.60 Å². The highest BCUT2D eigenvalue weighted by atomic mass is 19.4. The highest BCUT2D eigenvalue weighted by Crippen LogP contribution is 2.29. The van der Waals surface area contributed by atoms with Gasteiger partial charge in [0.05, 0.1) is 5.56 Å². The van der Waals surface area contributed by atoms with Gasteiger partial charge in [-0.2, -0.15) is 13.2 Å². The second-order valence-electron chi connectivity index (χ2n) is 7.31. The number of urea groups is 1. The number of carbonyl (C=O) groups is 2. The van der Waals surface area contributed by atoms with E-state index in [0.29, 0.717) is 31.7 Å². The Labute approximate surface area is 156 Å². The minimum atomic E-state index is -4.42.